The predicted molar refractivity (Wildman–Crippen MR) is 104 cm³/mol. The lowest BCUT2D eigenvalue weighted by molar-refractivity contribution is 0.0994. The van der Waals surface area contributed by atoms with Crippen molar-refractivity contribution >= 4 is 17.5 Å². The van der Waals surface area contributed by atoms with Gasteiger partial charge in [-0.2, -0.15) is 0 Å². The Labute approximate surface area is 157 Å². The van der Waals surface area contributed by atoms with Crippen LogP contribution in [-0.2, 0) is 6.42 Å². The third-order valence-electron chi connectivity index (χ3n) is 4.13. The first kappa shape index (κ1) is 18.2. The van der Waals surface area contributed by atoms with Crippen LogP contribution in [0.5, 0.6) is 5.75 Å². The molecule has 0 radical (unpaired) electrons. The maximum atomic E-state index is 12.6. The van der Waals surface area contributed by atoms with Crippen LogP contribution in [0.15, 0.2) is 53.7 Å². The van der Waals surface area contributed by atoms with Crippen molar-refractivity contribution in [3.05, 3.63) is 59.7 Å². The summed E-state index contributed by atoms with van der Waals surface area (Å²) in [5.41, 5.74) is 2.85. The number of aromatic nitrogens is 3. The van der Waals surface area contributed by atoms with E-state index in [2.05, 4.69) is 22.1 Å². The van der Waals surface area contributed by atoms with Gasteiger partial charge in [0.05, 0.1) is 12.4 Å². The molecular formula is C20H21N3O2S. The molecule has 1 heterocycles. The third kappa shape index (κ3) is 4.14. The average Bonchev–Trinajstić information content (AvgIpc) is 3.16. The molecule has 0 aliphatic rings. The monoisotopic (exact) mass is 367 g/mol. The highest BCUT2D eigenvalue weighted by Gasteiger charge is 2.19. The van der Waals surface area contributed by atoms with Crippen LogP contribution in [0.25, 0.3) is 11.4 Å². The van der Waals surface area contributed by atoms with Crippen molar-refractivity contribution < 1.29 is 9.53 Å². The standard InChI is InChI=1S/C20H21N3O2S/c1-4-14-5-7-15(8-6-14)18(24)13(2)26-20-21-19(22-23-20)16-9-11-17(25-3)12-10-16/h5-13H,4H2,1-3H3,(H,21,22,23)/t13-/m1/s1. The summed E-state index contributed by atoms with van der Waals surface area (Å²) in [6.07, 6.45) is 0.962. The van der Waals surface area contributed by atoms with Gasteiger partial charge >= 0.3 is 0 Å². The summed E-state index contributed by atoms with van der Waals surface area (Å²) in [5, 5.41) is 7.44. The molecule has 3 aromatic rings. The molecule has 0 saturated carbocycles. The van der Waals surface area contributed by atoms with Gasteiger partial charge in [0.25, 0.3) is 0 Å². The van der Waals surface area contributed by atoms with E-state index >= 15 is 0 Å². The molecule has 0 spiro atoms. The Balaban J connectivity index is 1.68. The first-order chi connectivity index (χ1) is 12.6. The number of benzene rings is 2. The largest absolute Gasteiger partial charge is 0.497 e. The number of nitrogens with one attached hydrogen (secondary N) is 1. The lowest BCUT2D eigenvalue weighted by atomic mass is 10.1. The van der Waals surface area contributed by atoms with E-state index in [1.807, 2.05) is 55.5 Å². The number of ether oxygens (including phenoxy) is 1. The van der Waals surface area contributed by atoms with E-state index in [0.717, 1.165) is 17.7 Å². The molecule has 0 unspecified atom stereocenters. The topological polar surface area (TPSA) is 67.9 Å². The number of thioether (sulfide) groups is 1. The molecule has 1 atom stereocenters. The lowest BCUT2D eigenvalue weighted by Crippen LogP contribution is -2.13. The first-order valence-electron chi connectivity index (χ1n) is 8.47. The quantitative estimate of drug-likeness (QED) is 0.495. The summed E-state index contributed by atoms with van der Waals surface area (Å²) >= 11 is 1.35. The van der Waals surface area contributed by atoms with E-state index in [1.54, 1.807) is 7.11 Å². The maximum Gasteiger partial charge on any atom is 0.209 e. The number of carbonyl (C=O) groups excluding carboxylic acids is 1. The highest BCUT2D eigenvalue weighted by atomic mass is 32.2. The van der Waals surface area contributed by atoms with Crippen molar-refractivity contribution in [1.82, 2.24) is 15.2 Å². The van der Waals surface area contributed by atoms with Crippen LogP contribution in [0.3, 0.4) is 0 Å². The first-order valence-corrected chi connectivity index (χ1v) is 9.35. The van der Waals surface area contributed by atoms with E-state index in [0.29, 0.717) is 16.5 Å². The van der Waals surface area contributed by atoms with Crippen molar-refractivity contribution in [3.63, 3.8) is 0 Å². The number of hydrogen-bond acceptors (Lipinski definition) is 5. The normalized spacial score (nSPS) is 12.0. The van der Waals surface area contributed by atoms with Crippen LogP contribution < -0.4 is 4.74 Å². The molecule has 0 bridgehead atoms. The van der Waals surface area contributed by atoms with Crippen LogP contribution in [0, 0.1) is 0 Å². The fraction of sp³-hybridized carbons (Fsp3) is 0.250. The number of rotatable bonds is 7. The van der Waals surface area contributed by atoms with Gasteiger partial charge in [-0.15, -0.1) is 5.10 Å². The molecule has 1 N–H and O–H groups in total. The van der Waals surface area contributed by atoms with Gasteiger partial charge in [0.1, 0.15) is 5.75 Å². The maximum absolute atomic E-state index is 12.6. The molecule has 1 aromatic heterocycles. The third-order valence-corrected chi connectivity index (χ3v) is 5.09. The Kier molecular flexibility index (Phi) is 5.73. The van der Waals surface area contributed by atoms with Gasteiger partial charge in [-0.1, -0.05) is 43.0 Å². The molecule has 0 aliphatic heterocycles. The summed E-state index contributed by atoms with van der Waals surface area (Å²) in [6.45, 7) is 3.98. The lowest BCUT2D eigenvalue weighted by Gasteiger charge is -2.08. The Hall–Kier alpha value is -2.60. The minimum atomic E-state index is -0.262. The van der Waals surface area contributed by atoms with E-state index in [-0.39, 0.29) is 11.0 Å². The van der Waals surface area contributed by atoms with Crippen molar-refractivity contribution in [2.24, 2.45) is 0 Å². The number of ketones is 1. The molecule has 26 heavy (non-hydrogen) atoms. The summed E-state index contributed by atoms with van der Waals surface area (Å²) < 4.78 is 5.16. The molecule has 2 aromatic carbocycles. The van der Waals surface area contributed by atoms with Gasteiger partial charge in [-0.05, 0) is 43.2 Å². The second kappa shape index (κ2) is 8.19. The van der Waals surface area contributed by atoms with Gasteiger partial charge in [-0.3, -0.25) is 9.89 Å². The fourth-order valence-electron chi connectivity index (χ4n) is 2.53. The van der Waals surface area contributed by atoms with Gasteiger partial charge in [0.2, 0.25) is 5.16 Å². The number of carbonyl (C=O) groups is 1. The minimum absolute atomic E-state index is 0.0773. The highest BCUT2D eigenvalue weighted by Crippen LogP contribution is 2.25. The van der Waals surface area contributed by atoms with E-state index in [1.165, 1.54) is 17.3 Å². The van der Waals surface area contributed by atoms with Crippen molar-refractivity contribution in [2.75, 3.05) is 7.11 Å². The molecule has 0 fully saturated rings. The Morgan fingerprint density at radius 1 is 1.15 bits per heavy atom. The smallest absolute Gasteiger partial charge is 0.209 e. The second-order valence-corrected chi connectivity index (χ2v) is 7.18. The molecule has 6 heteroatoms. The van der Waals surface area contributed by atoms with E-state index in [9.17, 15) is 4.79 Å². The molecule has 5 nitrogen and oxygen atoms in total. The number of nitrogens with zero attached hydrogens (tertiary/aromatic N) is 2. The molecule has 0 saturated heterocycles. The molecule has 0 amide bonds. The zero-order chi connectivity index (χ0) is 18.5. The minimum Gasteiger partial charge on any atom is -0.497 e. The van der Waals surface area contributed by atoms with Crippen molar-refractivity contribution in [2.45, 2.75) is 30.7 Å². The zero-order valence-corrected chi connectivity index (χ0v) is 15.8. The SMILES string of the molecule is CCc1ccc(C(=O)[C@@H](C)Sc2n[nH]c(-c3ccc(OC)cc3)n2)cc1. The zero-order valence-electron chi connectivity index (χ0n) is 15.0. The number of aromatic amines is 1. The van der Waals surface area contributed by atoms with Crippen LogP contribution in [-0.4, -0.2) is 33.3 Å². The van der Waals surface area contributed by atoms with Crippen LogP contribution in [0.1, 0.15) is 29.8 Å². The number of methoxy groups -OCH3 is 1. The second-order valence-electron chi connectivity index (χ2n) is 5.87. The average molecular weight is 367 g/mol. The van der Waals surface area contributed by atoms with Crippen LogP contribution >= 0.6 is 11.8 Å². The Bertz CT molecular complexity index is 873. The number of aryl methyl sites for hydroxylation is 1. The van der Waals surface area contributed by atoms with Crippen molar-refractivity contribution in [3.8, 4) is 17.1 Å². The van der Waals surface area contributed by atoms with Crippen LogP contribution in [0.2, 0.25) is 0 Å². The fourth-order valence-corrected chi connectivity index (χ4v) is 3.33. The van der Waals surface area contributed by atoms with Gasteiger partial charge in [0, 0.05) is 11.1 Å². The summed E-state index contributed by atoms with van der Waals surface area (Å²) in [7, 11) is 1.63. The van der Waals surface area contributed by atoms with Crippen LogP contribution in [0.4, 0.5) is 0 Å². The van der Waals surface area contributed by atoms with E-state index in [4.69, 9.17) is 4.74 Å². The molecule has 3 rings (SSSR count). The van der Waals surface area contributed by atoms with E-state index < -0.39 is 0 Å². The Morgan fingerprint density at radius 2 is 1.85 bits per heavy atom. The molecule has 0 aliphatic carbocycles. The van der Waals surface area contributed by atoms with Gasteiger partial charge in [-0.25, -0.2) is 4.98 Å². The number of hydrogen-bond donors (Lipinski definition) is 1. The summed E-state index contributed by atoms with van der Waals surface area (Å²) in [4.78, 5) is 17.1. The molecule has 134 valence electrons. The van der Waals surface area contributed by atoms with Gasteiger partial charge in [0.15, 0.2) is 11.6 Å². The Morgan fingerprint density at radius 3 is 2.46 bits per heavy atom. The number of H-pyrrole nitrogens is 1. The van der Waals surface area contributed by atoms with Crippen molar-refractivity contribution in [1.29, 1.82) is 0 Å². The number of Topliss-reactive ketones (excluding diaryl/α,β-unsaturated/α-hetero) is 1. The summed E-state index contributed by atoms with van der Waals surface area (Å²) in [6, 6.07) is 15.3. The summed E-state index contributed by atoms with van der Waals surface area (Å²) in [5.74, 6) is 1.53. The van der Waals surface area contributed by atoms with Gasteiger partial charge < -0.3 is 4.74 Å². The predicted octanol–water partition coefficient (Wildman–Crippen LogP) is 4.41. The molecular weight excluding hydrogens is 346 g/mol. The highest BCUT2D eigenvalue weighted by molar-refractivity contribution is 8.00.